The Kier molecular flexibility index (Phi) is 3.00. The lowest BCUT2D eigenvalue weighted by molar-refractivity contribution is 1.33. The standard InChI is InChI=1S/C9H14/c1-6-9(7(2)3)8(4)5/h6H,2,4H2,1,3,5H3. The highest BCUT2D eigenvalue weighted by Gasteiger charge is 1.94. The summed E-state index contributed by atoms with van der Waals surface area (Å²) in [6.45, 7) is 13.6. The minimum absolute atomic E-state index is 1.09. The summed E-state index contributed by atoms with van der Waals surface area (Å²) in [6.07, 6.45) is 2.03. The average molecular weight is 122 g/mol. The van der Waals surface area contributed by atoms with Gasteiger partial charge in [-0.1, -0.05) is 30.4 Å². The molecule has 0 radical (unpaired) electrons. The van der Waals surface area contributed by atoms with Gasteiger partial charge < -0.3 is 0 Å². The van der Waals surface area contributed by atoms with Gasteiger partial charge in [-0.25, -0.2) is 0 Å². The van der Waals surface area contributed by atoms with Gasteiger partial charge in [0.15, 0.2) is 0 Å². The molecule has 0 heteroatoms. The molecule has 0 heterocycles. The fraction of sp³-hybridized carbons (Fsp3) is 0.333. The first-order valence-electron chi connectivity index (χ1n) is 3.07. The normalized spacial score (nSPS) is 8.33. The molecule has 0 nitrogen and oxygen atoms in total. The highest BCUT2D eigenvalue weighted by atomic mass is 14.0. The van der Waals surface area contributed by atoms with E-state index in [1.165, 1.54) is 5.57 Å². The van der Waals surface area contributed by atoms with Crippen LogP contribution in [0.5, 0.6) is 0 Å². The first-order valence-corrected chi connectivity index (χ1v) is 3.07. The van der Waals surface area contributed by atoms with Gasteiger partial charge in [0.2, 0.25) is 0 Å². The smallest absolute Gasteiger partial charge is 0.0253 e. The van der Waals surface area contributed by atoms with Crippen LogP contribution in [0.15, 0.2) is 36.0 Å². The fourth-order valence-electron chi connectivity index (χ4n) is 0.857. The monoisotopic (exact) mass is 122 g/mol. The van der Waals surface area contributed by atoms with Gasteiger partial charge in [0.1, 0.15) is 0 Å². The van der Waals surface area contributed by atoms with E-state index in [1.54, 1.807) is 0 Å². The van der Waals surface area contributed by atoms with E-state index in [4.69, 9.17) is 0 Å². The molecule has 0 fully saturated rings. The van der Waals surface area contributed by atoms with E-state index in [1.807, 2.05) is 26.8 Å². The third-order valence-corrected chi connectivity index (χ3v) is 1.21. The minimum atomic E-state index is 1.09. The first-order chi connectivity index (χ1) is 4.09. The van der Waals surface area contributed by atoms with Crippen LogP contribution in [-0.2, 0) is 0 Å². The summed E-state index contributed by atoms with van der Waals surface area (Å²) in [6, 6.07) is 0. The first kappa shape index (κ1) is 8.22. The second-order valence-electron chi connectivity index (χ2n) is 2.26. The van der Waals surface area contributed by atoms with Crippen molar-refractivity contribution in [2.75, 3.05) is 0 Å². The second kappa shape index (κ2) is 3.29. The predicted octanol–water partition coefficient (Wildman–Crippen LogP) is 3.08. The molecule has 0 aliphatic rings. The van der Waals surface area contributed by atoms with Gasteiger partial charge >= 0.3 is 0 Å². The van der Waals surface area contributed by atoms with Crippen molar-refractivity contribution in [3.63, 3.8) is 0 Å². The summed E-state index contributed by atoms with van der Waals surface area (Å²) in [4.78, 5) is 0. The van der Waals surface area contributed by atoms with E-state index in [0.717, 1.165) is 11.1 Å². The van der Waals surface area contributed by atoms with Crippen LogP contribution in [0.3, 0.4) is 0 Å². The van der Waals surface area contributed by atoms with Crippen LogP contribution < -0.4 is 0 Å². The Morgan fingerprint density at radius 3 is 1.44 bits per heavy atom. The van der Waals surface area contributed by atoms with Crippen molar-refractivity contribution in [3.8, 4) is 0 Å². The maximum absolute atomic E-state index is 3.82. The molecule has 50 valence electrons. The maximum Gasteiger partial charge on any atom is -0.0253 e. The highest BCUT2D eigenvalue weighted by molar-refractivity contribution is 5.40. The molecule has 0 spiro atoms. The molecular formula is C9H14. The Morgan fingerprint density at radius 2 is 1.44 bits per heavy atom. The maximum atomic E-state index is 3.82. The number of allylic oxidation sites excluding steroid dienone is 4. The molecule has 0 aliphatic carbocycles. The molecule has 0 saturated heterocycles. The second-order valence-corrected chi connectivity index (χ2v) is 2.26. The van der Waals surface area contributed by atoms with Crippen LogP contribution in [0, 0.1) is 0 Å². The van der Waals surface area contributed by atoms with Gasteiger partial charge in [-0.05, 0) is 26.3 Å². The van der Waals surface area contributed by atoms with E-state index < -0.39 is 0 Å². The van der Waals surface area contributed by atoms with Gasteiger partial charge in [0, 0.05) is 0 Å². The van der Waals surface area contributed by atoms with E-state index in [9.17, 15) is 0 Å². The quantitative estimate of drug-likeness (QED) is 0.494. The van der Waals surface area contributed by atoms with Gasteiger partial charge in [0.05, 0.1) is 0 Å². The Morgan fingerprint density at radius 1 is 1.11 bits per heavy atom. The molecular weight excluding hydrogens is 108 g/mol. The summed E-state index contributed by atoms with van der Waals surface area (Å²) < 4.78 is 0. The van der Waals surface area contributed by atoms with Crippen LogP contribution in [-0.4, -0.2) is 0 Å². The van der Waals surface area contributed by atoms with Crippen LogP contribution in [0.2, 0.25) is 0 Å². The fourth-order valence-corrected chi connectivity index (χ4v) is 0.857. The van der Waals surface area contributed by atoms with Crippen LogP contribution in [0.1, 0.15) is 20.8 Å². The summed E-state index contributed by atoms with van der Waals surface area (Å²) >= 11 is 0. The van der Waals surface area contributed by atoms with E-state index in [2.05, 4.69) is 13.2 Å². The number of hydrogen-bond donors (Lipinski definition) is 0. The SMILES string of the molecule is C=C(C)C(=CC)C(=C)C. The van der Waals surface area contributed by atoms with Gasteiger partial charge in [0.25, 0.3) is 0 Å². The number of rotatable bonds is 2. The van der Waals surface area contributed by atoms with Gasteiger partial charge in [-0.3, -0.25) is 0 Å². The summed E-state index contributed by atoms with van der Waals surface area (Å²) in [7, 11) is 0. The molecule has 0 amide bonds. The average Bonchev–Trinajstić information content (AvgIpc) is 1.64. The van der Waals surface area contributed by atoms with Crippen molar-refractivity contribution in [2.24, 2.45) is 0 Å². The Bertz CT molecular complexity index is 143. The Labute approximate surface area is 57.6 Å². The zero-order chi connectivity index (χ0) is 7.44. The highest BCUT2D eigenvalue weighted by Crippen LogP contribution is 2.14. The minimum Gasteiger partial charge on any atom is -0.0955 e. The Balaban J connectivity index is 4.38. The van der Waals surface area contributed by atoms with E-state index >= 15 is 0 Å². The molecule has 0 aromatic carbocycles. The molecule has 0 aliphatic heterocycles. The van der Waals surface area contributed by atoms with Crippen molar-refractivity contribution in [3.05, 3.63) is 36.0 Å². The molecule has 0 unspecified atom stereocenters. The lowest BCUT2D eigenvalue weighted by atomic mass is 10.0. The van der Waals surface area contributed by atoms with Gasteiger partial charge in [-0.15, -0.1) is 0 Å². The Hall–Kier alpha value is -0.780. The summed E-state index contributed by atoms with van der Waals surface area (Å²) in [5.74, 6) is 0. The summed E-state index contributed by atoms with van der Waals surface area (Å²) in [5.41, 5.74) is 3.35. The van der Waals surface area contributed by atoms with Crippen molar-refractivity contribution < 1.29 is 0 Å². The summed E-state index contributed by atoms with van der Waals surface area (Å²) in [5, 5.41) is 0. The number of hydrogen-bond acceptors (Lipinski definition) is 0. The topological polar surface area (TPSA) is 0 Å². The van der Waals surface area contributed by atoms with Crippen molar-refractivity contribution >= 4 is 0 Å². The van der Waals surface area contributed by atoms with Gasteiger partial charge in [-0.2, -0.15) is 0 Å². The van der Waals surface area contributed by atoms with Crippen LogP contribution in [0.4, 0.5) is 0 Å². The largest absolute Gasteiger partial charge is 0.0955 e. The molecule has 0 atom stereocenters. The van der Waals surface area contributed by atoms with Crippen molar-refractivity contribution in [1.29, 1.82) is 0 Å². The predicted molar refractivity (Wildman–Crippen MR) is 43.4 cm³/mol. The molecule has 0 N–H and O–H groups in total. The molecule has 0 aromatic rings. The molecule has 0 aromatic heterocycles. The molecule has 0 saturated carbocycles. The third kappa shape index (κ3) is 2.31. The molecule has 0 bridgehead atoms. The van der Waals surface area contributed by atoms with Crippen molar-refractivity contribution in [2.45, 2.75) is 20.8 Å². The molecule has 9 heavy (non-hydrogen) atoms. The zero-order valence-electron chi connectivity index (χ0n) is 6.49. The van der Waals surface area contributed by atoms with E-state index in [0.29, 0.717) is 0 Å². The zero-order valence-corrected chi connectivity index (χ0v) is 6.49. The van der Waals surface area contributed by atoms with E-state index in [-0.39, 0.29) is 0 Å². The van der Waals surface area contributed by atoms with Crippen molar-refractivity contribution in [1.82, 2.24) is 0 Å². The molecule has 0 rings (SSSR count). The lowest BCUT2D eigenvalue weighted by Gasteiger charge is -2.02. The van der Waals surface area contributed by atoms with Crippen LogP contribution >= 0.6 is 0 Å². The third-order valence-electron chi connectivity index (χ3n) is 1.21. The van der Waals surface area contributed by atoms with Crippen LogP contribution in [0.25, 0.3) is 0 Å². The lowest BCUT2D eigenvalue weighted by Crippen LogP contribution is -1.82.